The molecule has 0 radical (unpaired) electrons. The van der Waals surface area contributed by atoms with Crippen molar-refractivity contribution in [3.63, 3.8) is 0 Å². The molecule has 4 aromatic carbocycles. The summed E-state index contributed by atoms with van der Waals surface area (Å²) >= 11 is 3.33. The Morgan fingerprint density at radius 3 is 1.55 bits per heavy atom. The molecule has 2 aliphatic rings. The Labute approximate surface area is 396 Å². The van der Waals surface area contributed by atoms with Gasteiger partial charge in [0.05, 0.1) is 42.0 Å². The van der Waals surface area contributed by atoms with Crippen LogP contribution in [0.25, 0.3) is 20.4 Å². The maximum absolute atomic E-state index is 12.3. The largest absolute Gasteiger partial charge is 0.491 e. The number of β-amino-alcohol motifs (C(OH)–C–C–N with tert-alkyl or cyclic N) is 2. The fraction of sp³-hybridized carbons (Fsp3) is 0.435. The van der Waals surface area contributed by atoms with E-state index in [1.807, 2.05) is 62.4 Å². The number of ether oxygens (including phenoxy) is 2. The molecule has 0 bridgehead atoms. The molecule has 358 valence electrons. The zero-order valence-electron chi connectivity index (χ0n) is 37.7. The van der Waals surface area contributed by atoms with Crippen molar-refractivity contribution >= 4 is 74.5 Å². The van der Waals surface area contributed by atoms with Crippen LogP contribution in [0, 0.1) is 13.8 Å². The molecule has 2 atom stereocenters. The van der Waals surface area contributed by atoms with Crippen LogP contribution < -0.4 is 24.2 Å². The third-order valence-electron chi connectivity index (χ3n) is 10.6. The zero-order chi connectivity index (χ0) is 46.9. The van der Waals surface area contributed by atoms with E-state index < -0.39 is 32.3 Å². The van der Waals surface area contributed by atoms with E-state index in [0.717, 1.165) is 83.9 Å². The number of sulfonamides is 2. The van der Waals surface area contributed by atoms with E-state index in [0.29, 0.717) is 43.4 Å². The fourth-order valence-electron chi connectivity index (χ4n) is 7.14. The summed E-state index contributed by atoms with van der Waals surface area (Å²) in [5.74, 6) is 1.64. The van der Waals surface area contributed by atoms with Gasteiger partial charge in [-0.05, 0) is 69.3 Å². The number of aryl methyl sites for hydroxylation is 2. The molecule has 20 heteroatoms. The molecule has 4 heterocycles. The topological polar surface area (TPSA) is 199 Å². The Hall–Kier alpha value is -4.48. The number of aliphatic hydroxyl groups is 2. The maximum atomic E-state index is 12.3. The Morgan fingerprint density at radius 2 is 1.08 bits per heavy atom. The number of anilines is 2. The van der Waals surface area contributed by atoms with Crippen LogP contribution in [0.4, 0.5) is 11.4 Å². The van der Waals surface area contributed by atoms with Crippen LogP contribution >= 0.6 is 22.7 Å². The molecule has 5 N–H and O–H groups in total. The number of thiazole rings is 2. The molecule has 6 aromatic rings. The minimum atomic E-state index is -3.38. The number of para-hydroxylation sites is 2. The molecule has 16 nitrogen and oxygen atoms in total. The van der Waals surface area contributed by atoms with Crippen molar-refractivity contribution < 1.29 is 36.5 Å². The van der Waals surface area contributed by atoms with Crippen molar-refractivity contribution in [2.24, 2.45) is 0 Å². The summed E-state index contributed by atoms with van der Waals surface area (Å²) in [5.41, 5.74) is 3.08. The second kappa shape index (κ2) is 25.0. The molecule has 66 heavy (non-hydrogen) atoms. The smallest absolute Gasteiger partial charge is 0.233 e. The molecule has 0 saturated carbocycles. The van der Waals surface area contributed by atoms with E-state index in [9.17, 15) is 27.0 Å². The van der Waals surface area contributed by atoms with E-state index in [2.05, 4.69) is 39.4 Å². The fourth-order valence-corrected chi connectivity index (χ4v) is 10.5. The standard InChI is InChI=1S/C23H30N4O4S2.C15H21N3O2S.C8H11NO2S/c1-18-24-22-15-21(7-8-23(22)32-18)31-17-20(28)16-27-11-9-26(10-12-27)13-14-33(29,30)25-19-5-3-2-4-6-19;1-11-17-14-8-13(2-3-15(14)21-11)20-10-12(19)9-18-6-4-16-5-7-18;1-2-12(10,11)9-8-6-4-3-5-7-8/h2-8,15,20,25,28H,9-14,16-17H2,1H3;2-3,8,12,16,19H,4-7,9-10H2,1H3;3-7,9H,2H2,1H3/t20-;12-;/m11./s1. The van der Waals surface area contributed by atoms with Crippen molar-refractivity contribution in [3.05, 3.63) is 107 Å². The van der Waals surface area contributed by atoms with Gasteiger partial charge in [0.25, 0.3) is 0 Å². The Bertz CT molecular complexity index is 2610. The summed E-state index contributed by atoms with van der Waals surface area (Å²) in [5, 5.41) is 25.9. The first-order valence-electron chi connectivity index (χ1n) is 22.1. The lowest BCUT2D eigenvalue weighted by Crippen LogP contribution is -2.50. The van der Waals surface area contributed by atoms with Gasteiger partial charge in [-0.25, -0.2) is 26.8 Å². The first kappa shape index (κ1) is 50.9. The number of rotatable bonds is 18. The van der Waals surface area contributed by atoms with Crippen LogP contribution in [0.3, 0.4) is 0 Å². The van der Waals surface area contributed by atoms with Gasteiger partial charge in [-0.15, -0.1) is 22.7 Å². The number of benzene rings is 4. The van der Waals surface area contributed by atoms with E-state index >= 15 is 0 Å². The predicted octanol–water partition coefficient (Wildman–Crippen LogP) is 5.10. The lowest BCUT2D eigenvalue weighted by atomic mass is 10.2. The number of nitrogens with one attached hydrogen (secondary N) is 3. The molecule has 0 aliphatic carbocycles. The minimum Gasteiger partial charge on any atom is -0.491 e. The molecular weight excluding hydrogens is 921 g/mol. The number of hydrogen-bond donors (Lipinski definition) is 5. The number of piperazine rings is 2. The van der Waals surface area contributed by atoms with Crippen LogP contribution in [0.15, 0.2) is 97.1 Å². The highest BCUT2D eigenvalue weighted by atomic mass is 32.2. The van der Waals surface area contributed by atoms with Gasteiger partial charge in [0.2, 0.25) is 20.0 Å². The highest BCUT2D eigenvalue weighted by Gasteiger charge is 2.22. The normalized spacial score (nSPS) is 16.1. The summed E-state index contributed by atoms with van der Waals surface area (Å²) in [6.07, 6.45) is -1.06. The third-order valence-corrected chi connectivity index (χ3v) is 15.1. The molecule has 2 aromatic heterocycles. The molecular formula is C46H62N8O8S4. The lowest BCUT2D eigenvalue weighted by molar-refractivity contribution is 0.0472. The van der Waals surface area contributed by atoms with Crippen LogP contribution in [0.2, 0.25) is 0 Å². The summed E-state index contributed by atoms with van der Waals surface area (Å²) in [4.78, 5) is 15.5. The van der Waals surface area contributed by atoms with Crippen LogP contribution in [0.1, 0.15) is 16.9 Å². The number of fused-ring (bicyclic) bond motifs is 2. The lowest BCUT2D eigenvalue weighted by Gasteiger charge is -2.35. The van der Waals surface area contributed by atoms with Crippen molar-refractivity contribution in [1.29, 1.82) is 0 Å². The summed E-state index contributed by atoms with van der Waals surface area (Å²) < 4.78 is 65.6. The van der Waals surface area contributed by atoms with Gasteiger partial charge in [-0.1, -0.05) is 36.4 Å². The van der Waals surface area contributed by atoms with Gasteiger partial charge in [0.15, 0.2) is 0 Å². The van der Waals surface area contributed by atoms with E-state index in [-0.39, 0.29) is 18.1 Å². The monoisotopic (exact) mass is 982 g/mol. The first-order chi connectivity index (χ1) is 31.7. The first-order valence-corrected chi connectivity index (χ1v) is 27.0. The van der Waals surface area contributed by atoms with Gasteiger partial charge >= 0.3 is 0 Å². The summed E-state index contributed by atoms with van der Waals surface area (Å²) in [6.45, 7) is 14.9. The van der Waals surface area contributed by atoms with Gasteiger partial charge in [0.1, 0.15) is 36.9 Å². The molecule has 0 unspecified atom stereocenters. The number of nitrogens with zero attached hydrogens (tertiary/aromatic N) is 5. The summed E-state index contributed by atoms with van der Waals surface area (Å²) in [7, 11) is -6.50. The highest BCUT2D eigenvalue weighted by Crippen LogP contribution is 2.27. The number of aliphatic hydroxyl groups excluding tert-OH is 2. The average molecular weight is 983 g/mol. The molecule has 2 aliphatic heterocycles. The van der Waals surface area contributed by atoms with Crippen molar-refractivity contribution in [3.8, 4) is 11.5 Å². The quantitative estimate of drug-likeness (QED) is 0.0763. The van der Waals surface area contributed by atoms with Crippen molar-refractivity contribution in [2.45, 2.75) is 33.0 Å². The maximum Gasteiger partial charge on any atom is 0.233 e. The molecule has 2 saturated heterocycles. The molecule has 0 spiro atoms. The Morgan fingerprint density at radius 1 is 0.636 bits per heavy atom. The second-order valence-electron chi connectivity index (χ2n) is 16.0. The van der Waals surface area contributed by atoms with Gasteiger partial charge in [0, 0.05) is 95.5 Å². The van der Waals surface area contributed by atoms with Crippen molar-refractivity contribution in [2.75, 3.05) is 106 Å². The van der Waals surface area contributed by atoms with E-state index in [1.165, 1.54) is 4.70 Å². The van der Waals surface area contributed by atoms with Gasteiger partial charge < -0.3 is 25.0 Å². The van der Waals surface area contributed by atoms with Gasteiger partial charge in [-0.2, -0.15) is 0 Å². The van der Waals surface area contributed by atoms with Crippen LogP contribution in [-0.2, 0) is 20.0 Å². The number of aromatic nitrogens is 2. The molecule has 0 amide bonds. The third kappa shape index (κ3) is 17.3. The predicted molar refractivity (Wildman–Crippen MR) is 267 cm³/mol. The molecule has 2 fully saturated rings. The Kier molecular flexibility index (Phi) is 19.3. The molecule has 8 rings (SSSR count). The average Bonchev–Trinajstić information content (AvgIpc) is 3.88. The minimum absolute atomic E-state index is 0.0568. The van der Waals surface area contributed by atoms with Crippen LogP contribution in [0.5, 0.6) is 11.5 Å². The highest BCUT2D eigenvalue weighted by molar-refractivity contribution is 7.92. The van der Waals surface area contributed by atoms with Crippen molar-refractivity contribution in [1.82, 2.24) is 30.0 Å². The summed E-state index contributed by atoms with van der Waals surface area (Å²) in [6, 6.07) is 29.5. The Balaban J connectivity index is 0.000000185. The second-order valence-corrected chi connectivity index (χ2v) is 22.3. The van der Waals surface area contributed by atoms with Gasteiger partial charge in [-0.3, -0.25) is 24.1 Å². The van der Waals surface area contributed by atoms with E-state index in [4.69, 9.17) is 9.47 Å². The zero-order valence-corrected chi connectivity index (χ0v) is 41.0. The number of hydrogen-bond acceptors (Lipinski definition) is 16. The van der Waals surface area contributed by atoms with Crippen LogP contribution in [-0.4, -0.2) is 161 Å². The SMILES string of the molecule is CCS(=O)(=O)Nc1ccccc1.Cc1nc2cc(OC[C@H](O)CN3CCN(CCS(=O)(=O)Nc4ccccc4)CC3)ccc2s1.Cc1nc2cc(OC[C@H](O)CN3CCNCC3)ccc2s1. The van der Waals surface area contributed by atoms with E-state index in [1.54, 1.807) is 78.1 Å².